The highest BCUT2D eigenvalue weighted by Crippen LogP contribution is 2.28. The SMILES string of the molecule is CC1(CN/C=C/C(=O)O)CCOCC1. The third kappa shape index (κ3) is 3.79. The molecule has 0 atom stereocenters. The van der Waals surface area contributed by atoms with Gasteiger partial charge >= 0.3 is 5.97 Å². The Balaban J connectivity index is 2.25. The fourth-order valence-electron chi connectivity index (χ4n) is 1.48. The molecule has 14 heavy (non-hydrogen) atoms. The summed E-state index contributed by atoms with van der Waals surface area (Å²) in [4.78, 5) is 10.2. The van der Waals surface area contributed by atoms with E-state index >= 15 is 0 Å². The first-order valence-corrected chi connectivity index (χ1v) is 4.83. The van der Waals surface area contributed by atoms with E-state index in [9.17, 15) is 4.79 Å². The summed E-state index contributed by atoms with van der Waals surface area (Å²) in [5.41, 5.74) is 0.237. The minimum atomic E-state index is -0.922. The maximum absolute atomic E-state index is 10.2. The Morgan fingerprint density at radius 3 is 2.79 bits per heavy atom. The molecule has 0 radical (unpaired) electrons. The molecule has 0 aromatic heterocycles. The van der Waals surface area contributed by atoms with Gasteiger partial charge in [0.25, 0.3) is 0 Å². The van der Waals surface area contributed by atoms with Crippen molar-refractivity contribution in [1.29, 1.82) is 0 Å². The van der Waals surface area contributed by atoms with E-state index in [1.165, 1.54) is 6.20 Å². The van der Waals surface area contributed by atoms with E-state index in [1.54, 1.807) is 0 Å². The summed E-state index contributed by atoms with van der Waals surface area (Å²) in [7, 11) is 0. The number of hydrogen-bond acceptors (Lipinski definition) is 3. The molecule has 4 nitrogen and oxygen atoms in total. The highest BCUT2D eigenvalue weighted by molar-refractivity contribution is 5.79. The fourth-order valence-corrected chi connectivity index (χ4v) is 1.48. The molecule has 0 spiro atoms. The van der Waals surface area contributed by atoms with Gasteiger partial charge in [-0.05, 0) is 18.3 Å². The molecule has 2 N–H and O–H groups in total. The third-order valence-corrected chi connectivity index (χ3v) is 2.57. The van der Waals surface area contributed by atoms with Gasteiger partial charge in [0.15, 0.2) is 0 Å². The Morgan fingerprint density at radius 2 is 2.21 bits per heavy atom. The van der Waals surface area contributed by atoms with Crippen LogP contribution in [0.2, 0.25) is 0 Å². The number of ether oxygens (including phenoxy) is 1. The van der Waals surface area contributed by atoms with Crippen LogP contribution in [0.15, 0.2) is 12.3 Å². The molecule has 1 rings (SSSR count). The van der Waals surface area contributed by atoms with Gasteiger partial charge in [0.05, 0.1) is 0 Å². The molecule has 1 heterocycles. The average Bonchev–Trinajstić information content (AvgIpc) is 2.14. The number of rotatable bonds is 4. The Kier molecular flexibility index (Phi) is 3.95. The monoisotopic (exact) mass is 199 g/mol. The van der Waals surface area contributed by atoms with Crippen LogP contribution in [0.4, 0.5) is 0 Å². The van der Waals surface area contributed by atoms with E-state index in [1.807, 2.05) is 0 Å². The highest BCUT2D eigenvalue weighted by Gasteiger charge is 2.26. The average molecular weight is 199 g/mol. The predicted octanol–water partition coefficient (Wildman–Crippen LogP) is 0.991. The molecule has 1 aliphatic heterocycles. The largest absolute Gasteiger partial charge is 0.478 e. The zero-order valence-corrected chi connectivity index (χ0v) is 8.45. The van der Waals surface area contributed by atoms with Crippen molar-refractivity contribution in [2.45, 2.75) is 19.8 Å². The molecule has 4 heteroatoms. The van der Waals surface area contributed by atoms with Crippen molar-refractivity contribution in [3.05, 3.63) is 12.3 Å². The quantitative estimate of drug-likeness (QED) is 0.663. The van der Waals surface area contributed by atoms with E-state index in [4.69, 9.17) is 9.84 Å². The van der Waals surface area contributed by atoms with Crippen molar-refractivity contribution in [2.24, 2.45) is 5.41 Å². The molecule has 0 aliphatic carbocycles. The minimum Gasteiger partial charge on any atom is -0.478 e. The number of hydrogen-bond donors (Lipinski definition) is 2. The smallest absolute Gasteiger partial charge is 0.329 e. The second-order valence-electron chi connectivity index (χ2n) is 3.98. The van der Waals surface area contributed by atoms with Crippen molar-refractivity contribution < 1.29 is 14.6 Å². The first-order valence-electron chi connectivity index (χ1n) is 4.83. The van der Waals surface area contributed by atoms with Crippen LogP contribution >= 0.6 is 0 Å². The Morgan fingerprint density at radius 1 is 1.57 bits per heavy atom. The van der Waals surface area contributed by atoms with Crippen molar-refractivity contribution in [3.8, 4) is 0 Å². The molecule has 1 aliphatic rings. The molecule has 0 aromatic rings. The van der Waals surface area contributed by atoms with Gasteiger partial charge < -0.3 is 15.2 Å². The maximum atomic E-state index is 10.2. The predicted molar refractivity (Wildman–Crippen MR) is 52.9 cm³/mol. The summed E-state index contributed by atoms with van der Waals surface area (Å²) >= 11 is 0. The summed E-state index contributed by atoms with van der Waals surface area (Å²) in [6.45, 7) is 4.61. The zero-order chi connectivity index (χ0) is 10.4. The molecule has 80 valence electrons. The first-order chi connectivity index (χ1) is 6.62. The van der Waals surface area contributed by atoms with Crippen LogP contribution in [0.5, 0.6) is 0 Å². The van der Waals surface area contributed by atoms with Crippen LogP contribution in [0.25, 0.3) is 0 Å². The Labute approximate surface area is 83.9 Å². The summed E-state index contributed by atoms with van der Waals surface area (Å²) < 4.78 is 5.27. The molecule has 1 fully saturated rings. The fraction of sp³-hybridized carbons (Fsp3) is 0.700. The lowest BCUT2D eigenvalue weighted by molar-refractivity contribution is -0.131. The maximum Gasteiger partial charge on any atom is 0.329 e. The summed E-state index contributed by atoms with van der Waals surface area (Å²) in [5.74, 6) is -0.922. The van der Waals surface area contributed by atoms with Crippen molar-refractivity contribution in [2.75, 3.05) is 19.8 Å². The molecule has 0 saturated carbocycles. The summed E-state index contributed by atoms with van der Waals surface area (Å²) in [6, 6.07) is 0. The Hall–Kier alpha value is -1.03. The molecule has 0 unspecified atom stereocenters. The number of nitrogens with one attached hydrogen (secondary N) is 1. The lowest BCUT2D eigenvalue weighted by Crippen LogP contribution is -2.35. The van der Waals surface area contributed by atoms with Gasteiger partial charge in [-0.2, -0.15) is 0 Å². The summed E-state index contributed by atoms with van der Waals surface area (Å²) in [6.07, 6.45) is 4.66. The number of carboxylic acids is 1. The van der Waals surface area contributed by atoms with E-state index < -0.39 is 5.97 Å². The lowest BCUT2D eigenvalue weighted by atomic mass is 9.82. The number of carboxylic acid groups (broad SMARTS) is 1. The molecular weight excluding hydrogens is 182 g/mol. The van der Waals surface area contributed by atoms with Crippen LogP contribution in [0.1, 0.15) is 19.8 Å². The van der Waals surface area contributed by atoms with Crippen molar-refractivity contribution in [3.63, 3.8) is 0 Å². The van der Waals surface area contributed by atoms with E-state index in [0.717, 1.165) is 38.7 Å². The minimum absolute atomic E-state index is 0.237. The standard InChI is InChI=1S/C10H17NO3/c1-10(3-6-14-7-4-10)8-11-5-2-9(12)13/h2,5,11H,3-4,6-8H2,1H3,(H,12,13)/b5-2+. The van der Waals surface area contributed by atoms with Crippen molar-refractivity contribution >= 4 is 5.97 Å². The first kappa shape index (κ1) is 11.0. The second kappa shape index (κ2) is 5.00. The van der Waals surface area contributed by atoms with Gasteiger partial charge in [0, 0.05) is 32.0 Å². The van der Waals surface area contributed by atoms with Gasteiger partial charge in [-0.1, -0.05) is 6.92 Å². The Bertz CT molecular complexity index is 219. The van der Waals surface area contributed by atoms with Gasteiger partial charge in [-0.25, -0.2) is 4.79 Å². The van der Waals surface area contributed by atoms with Crippen molar-refractivity contribution in [1.82, 2.24) is 5.32 Å². The molecule has 0 aromatic carbocycles. The van der Waals surface area contributed by atoms with E-state index in [-0.39, 0.29) is 5.41 Å². The van der Waals surface area contributed by atoms with Gasteiger partial charge in [0.2, 0.25) is 0 Å². The highest BCUT2D eigenvalue weighted by atomic mass is 16.5. The summed E-state index contributed by atoms with van der Waals surface area (Å²) in [5, 5.41) is 11.4. The lowest BCUT2D eigenvalue weighted by Gasteiger charge is -2.33. The van der Waals surface area contributed by atoms with E-state index in [0.29, 0.717) is 0 Å². The third-order valence-electron chi connectivity index (χ3n) is 2.57. The topological polar surface area (TPSA) is 58.6 Å². The van der Waals surface area contributed by atoms with Gasteiger partial charge in [0.1, 0.15) is 0 Å². The van der Waals surface area contributed by atoms with E-state index in [2.05, 4.69) is 12.2 Å². The van der Waals surface area contributed by atoms with Gasteiger partial charge in [-0.3, -0.25) is 0 Å². The van der Waals surface area contributed by atoms with Crippen LogP contribution in [0.3, 0.4) is 0 Å². The molecular formula is C10H17NO3. The molecule has 0 amide bonds. The van der Waals surface area contributed by atoms with Crippen LogP contribution in [0, 0.1) is 5.41 Å². The van der Waals surface area contributed by atoms with Crippen LogP contribution in [-0.4, -0.2) is 30.8 Å². The van der Waals surface area contributed by atoms with Gasteiger partial charge in [-0.15, -0.1) is 0 Å². The number of aliphatic carboxylic acids is 1. The zero-order valence-electron chi connectivity index (χ0n) is 8.45. The van der Waals surface area contributed by atoms with Crippen LogP contribution < -0.4 is 5.32 Å². The normalized spacial score (nSPS) is 20.9. The molecule has 1 saturated heterocycles. The number of carbonyl (C=O) groups is 1. The van der Waals surface area contributed by atoms with Crippen LogP contribution in [-0.2, 0) is 9.53 Å². The second-order valence-corrected chi connectivity index (χ2v) is 3.98. The molecule has 0 bridgehead atoms.